The van der Waals surface area contributed by atoms with Crippen LogP contribution in [0.5, 0.6) is 5.75 Å². The second-order valence-electron chi connectivity index (χ2n) is 7.16. The molecule has 11 heteroatoms. The number of benzene rings is 1. The lowest BCUT2D eigenvalue weighted by Gasteiger charge is -2.11. The van der Waals surface area contributed by atoms with Gasteiger partial charge in [-0.15, -0.1) is 11.3 Å². The molecule has 0 aliphatic rings. The van der Waals surface area contributed by atoms with Crippen LogP contribution in [0.1, 0.15) is 34.2 Å². The summed E-state index contributed by atoms with van der Waals surface area (Å²) >= 11 is 4.76. The van der Waals surface area contributed by atoms with Crippen molar-refractivity contribution in [3.05, 3.63) is 57.2 Å². The third-order valence-corrected chi connectivity index (χ3v) is 8.30. The number of aryl methyl sites for hydroxylation is 2. The quantitative estimate of drug-likeness (QED) is 0.356. The number of carbonyl (C=O) groups is 1. The standard InChI is InChI=1S/C21H21BrN4O4S2/c1-4-30-20(28)18-16(10-32(29)21-24-12(2)9-31-21)25(3)15-7-14(22)19(27)13(17(15)18)8-26-6-5-23-11-26/h5-7,9,11,27H,4,8,10H2,1-3H3. The third kappa shape index (κ3) is 4.12. The van der Waals surface area contributed by atoms with Crippen LogP contribution in [0.25, 0.3) is 10.9 Å². The van der Waals surface area contributed by atoms with Crippen molar-refractivity contribution >= 4 is 54.9 Å². The number of aromatic hydroxyl groups is 1. The maximum atomic E-state index is 13.1. The van der Waals surface area contributed by atoms with E-state index in [1.54, 1.807) is 36.3 Å². The average Bonchev–Trinajstić information content (AvgIpc) is 3.48. The largest absolute Gasteiger partial charge is 0.506 e. The molecule has 0 bridgehead atoms. The Bertz CT molecular complexity index is 1330. The molecule has 1 N–H and O–H groups in total. The highest BCUT2D eigenvalue weighted by atomic mass is 79.9. The molecule has 0 radical (unpaired) electrons. The first-order valence-electron chi connectivity index (χ1n) is 9.76. The van der Waals surface area contributed by atoms with E-state index >= 15 is 0 Å². The molecule has 32 heavy (non-hydrogen) atoms. The summed E-state index contributed by atoms with van der Waals surface area (Å²) in [6, 6.07) is 1.75. The summed E-state index contributed by atoms with van der Waals surface area (Å²) in [5.74, 6) is -0.394. The maximum Gasteiger partial charge on any atom is 0.340 e. The molecule has 4 rings (SSSR count). The van der Waals surface area contributed by atoms with Gasteiger partial charge in [0.15, 0.2) is 4.34 Å². The Morgan fingerprint density at radius 3 is 2.81 bits per heavy atom. The minimum absolute atomic E-state index is 0.0329. The molecule has 0 saturated carbocycles. The van der Waals surface area contributed by atoms with Crippen molar-refractivity contribution in [2.24, 2.45) is 7.05 Å². The highest BCUT2D eigenvalue weighted by Gasteiger charge is 2.28. The molecule has 4 aromatic rings. The first-order valence-corrected chi connectivity index (χ1v) is 12.8. The van der Waals surface area contributed by atoms with Gasteiger partial charge in [0.25, 0.3) is 0 Å². The van der Waals surface area contributed by atoms with Gasteiger partial charge in [-0.25, -0.2) is 14.8 Å². The van der Waals surface area contributed by atoms with Crippen LogP contribution in [0, 0.1) is 6.92 Å². The monoisotopic (exact) mass is 536 g/mol. The van der Waals surface area contributed by atoms with Crippen molar-refractivity contribution in [2.45, 2.75) is 30.5 Å². The molecule has 1 unspecified atom stereocenters. The fourth-order valence-electron chi connectivity index (χ4n) is 3.61. The summed E-state index contributed by atoms with van der Waals surface area (Å²) in [5, 5.41) is 13.3. The minimum Gasteiger partial charge on any atom is -0.506 e. The molecule has 3 aromatic heterocycles. The van der Waals surface area contributed by atoms with Gasteiger partial charge < -0.3 is 19.0 Å². The molecular formula is C21H21BrN4O4S2. The number of aromatic nitrogens is 4. The van der Waals surface area contributed by atoms with E-state index in [1.807, 2.05) is 23.9 Å². The lowest BCUT2D eigenvalue weighted by Crippen LogP contribution is -2.11. The summed E-state index contributed by atoms with van der Waals surface area (Å²) in [7, 11) is 0.374. The van der Waals surface area contributed by atoms with Crippen molar-refractivity contribution in [3.63, 3.8) is 0 Å². The smallest absolute Gasteiger partial charge is 0.340 e. The number of esters is 1. The SMILES string of the molecule is CCOC(=O)c1c(CS(=O)c2nc(C)cs2)n(C)c2cc(Br)c(O)c(Cn3ccnc3)c12. The number of imidazole rings is 1. The number of phenols is 1. The third-order valence-electron chi connectivity index (χ3n) is 5.08. The van der Waals surface area contributed by atoms with Crippen LogP contribution >= 0.6 is 27.3 Å². The van der Waals surface area contributed by atoms with Gasteiger partial charge in [-0.05, 0) is 35.8 Å². The Balaban J connectivity index is 1.95. The van der Waals surface area contributed by atoms with Gasteiger partial charge in [0, 0.05) is 47.2 Å². The molecule has 0 spiro atoms. The van der Waals surface area contributed by atoms with Crippen LogP contribution < -0.4 is 0 Å². The first-order chi connectivity index (χ1) is 15.3. The number of ether oxygens (including phenoxy) is 1. The lowest BCUT2D eigenvalue weighted by molar-refractivity contribution is 0.0527. The number of thiazole rings is 1. The van der Waals surface area contributed by atoms with Crippen molar-refractivity contribution in [1.29, 1.82) is 0 Å². The molecule has 8 nitrogen and oxygen atoms in total. The number of phenolic OH excluding ortho intramolecular Hbond substituents is 1. The fourth-order valence-corrected chi connectivity index (χ4v) is 6.29. The zero-order valence-electron chi connectivity index (χ0n) is 17.7. The average molecular weight is 537 g/mol. The van der Waals surface area contributed by atoms with Crippen molar-refractivity contribution in [2.75, 3.05) is 6.61 Å². The minimum atomic E-state index is -1.44. The van der Waals surface area contributed by atoms with Crippen molar-refractivity contribution < 1.29 is 18.8 Å². The van der Waals surface area contributed by atoms with Gasteiger partial charge in [-0.3, -0.25) is 4.21 Å². The highest BCUT2D eigenvalue weighted by Crippen LogP contribution is 2.40. The molecule has 1 atom stereocenters. The van der Waals surface area contributed by atoms with Crippen LogP contribution in [0.4, 0.5) is 0 Å². The van der Waals surface area contributed by atoms with Crippen molar-refractivity contribution in [3.8, 4) is 5.75 Å². The number of hydrogen-bond acceptors (Lipinski definition) is 7. The molecule has 0 saturated heterocycles. The van der Waals surface area contributed by atoms with Gasteiger partial charge in [0.1, 0.15) is 5.75 Å². The second kappa shape index (κ2) is 9.16. The molecule has 0 amide bonds. The summed E-state index contributed by atoms with van der Waals surface area (Å²) < 4.78 is 23.1. The number of rotatable bonds is 7. The highest BCUT2D eigenvalue weighted by molar-refractivity contribution is 9.10. The Morgan fingerprint density at radius 2 is 2.19 bits per heavy atom. The molecular weight excluding hydrogens is 516 g/mol. The van der Waals surface area contributed by atoms with Crippen LogP contribution in [-0.4, -0.2) is 41.0 Å². The van der Waals surface area contributed by atoms with E-state index in [0.717, 1.165) is 11.2 Å². The topological polar surface area (TPSA) is 99.2 Å². The molecule has 0 aliphatic heterocycles. The van der Waals surface area contributed by atoms with E-state index < -0.39 is 16.8 Å². The molecule has 0 fully saturated rings. The summed E-state index contributed by atoms with van der Waals surface area (Å²) in [6.07, 6.45) is 5.06. The van der Waals surface area contributed by atoms with Crippen LogP contribution in [0.15, 0.2) is 39.0 Å². The van der Waals surface area contributed by atoms with Crippen LogP contribution in [-0.2, 0) is 34.9 Å². The first kappa shape index (κ1) is 22.7. The number of hydrogen-bond donors (Lipinski definition) is 1. The number of nitrogens with zero attached hydrogens (tertiary/aromatic N) is 4. The van der Waals surface area contributed by atoms with Gasteiger partial charge >= 0.3 is 5.97 Å². The van der Waals surface area contributed by atoms with Crippen LogP contribution in [0.2, 0.25) is 0 Å². The van der Waals surface area contributed by atoms with Gasteiger partial charge in [-0.1, -0.05) is 0 Å². The zero-order valence-corrected chi connectivity index (χ0v) is 20.9. The number of halogens is 1. The zero-order chi connectivity index (χ0) is 23.0. The van der Waals surface area contributed by atoms with Gasteiger partial charge in [0.05, 0.1) is 51.6 Å². The fraction of sp³-hybridized carbons (Fsp3) is 0.286. The van der Waals surface area contributed by atoms with Gasteiger partial charge in [-0.2, -0.15) is 0 Å². The normalized spacial score (nSPS) is 12.4. The van der Waals surface area contributed by atoms with Crippen molar-refractivity contribution in [1.82, 2.24) is 19.1 Å². The number of fused-ring (bicyclic) bond motifs is 1. The van der Waals surface area contributed by atoms with E-state index in [9.17, 15) is 14.1 Å². The molecule has 3 heterocycles. The van der Waals surface area contributed by atoms with E-state index in [0.29, 0.717) is 37.6 Å². The van der Waals surface area contributed by atoms with Crippen LogP contribution in [0.3, 0.4) is 0 Å². The van der Waals surface area contributed by atoms with E-state index in [4.69, 9.17) is 4.74 Å². The predicted octanol–water partition coefficient (Wildman–Crippen LogP) is 4.14. The Morgan fingerprint density at radius 1 is 1.41 bits per heavy atom. The summed E-state index contributed by atoms with van der Waals surface area (Å²) in [5.41, 5.74) is 2.94. The molecule has 0 aliphatic carbocycles. The molecule has 168 valence electrons. The number of carbonyl (C=O) groups excluding carboxylic acids is 1. The molecule has 1 aromatic carbocycles. The maximum absolute atomic E-state index is 13.1. The Labute approximate surface area is 199 Å². The lowest BCUT2D eigenvalue weighted by atomic mass is 10.0. The van der Waals surface area contributed by atoms with E-state index in [2.05, 4.69) is 25.9 Å². The predicted molar refractivity (Wildman–Crippen MR) is 127 cm³/mol. The summed E-state index contributed by atoms with van der Waals surface area (Å²) in [4.78, 5) is 21.5. The van der Waals surface area contributed by atoms with E-state index in [1.165, 1.54) is 11.3 Å². The second-order valence-corrected chi connectivity index (χ2v) is 10.5. The summed E-state index contributed by atoms with van der Waals surface area (Å²) in [6.45, 7) is 4.08. The Hall–Kier alpha value is -2.50. The van der Waals surface area contributed by atoms with Gasteiger partial charge in [0.2, 0.25) is 0 Å². The Kier molecular flexibility index (Phi) is 6.50. The van der Waals surface area contributed by atoms with E-state index in [-0.39, 0.29) is 18.1 Å².